The number of rotatable bonds is 4. The summed E-state index contributed by atoms with van der Waals surface area (Å²) in [6, 6.07) is 2.50. The third-order valence-electron chi connectivity index (χ3n) is 2.87. The number of nitrogens with one attached hydrogen (secondary N) is 2. The van der Waals surface area contributed by atoms with Crippen LogP contribution in [0.25, 0.3) is 10.8 Å². The maximum atomic E-state index is 13.6. The van der Waals surface area contributed by atoms with Crippen molar-refractivity contribution in [1.82, 2.24) is 10.3 Å². The molecular weight excluding hydrogens is 238 g/mol. The van der Waals surface area contributed by atoms with Crippen LogP contribution in [0.2, 0.25) is 0 Å². The average Bonchev–Trinajstić information content (AvgIpc) is 2.36. The lowest BCUT2D eigenvalue weighted by atomic mass is 10.0. The molecule has 0 amide bonds. The molecule has 0 saturated carbocycles. The lowest BCUT2D eigenvalue weighted by Crippen LogP contribution is -2.17. The van der Waals surface area contributed by atoms with Crippen LogP contribution in [-0.4, -0.2) is 18.1 Å². The van der Waals surface area contributed by atoms with E-state index < -0.39 is 17.2 Å². The molecule has 0 unspecified atom stereocenters. The fourth-order valence-corrected chi connectivity index (χ4v) is 1.95. The molecule has 3 nitrogen and oxygen atoms in total. The Labute approximate surface area is 103 Å². The number of likely N-dealkylation sites (N-methyl/N-ethyl adjacent to an activating group) is 1. The third kappa shape index (κ3) is 2.26. The summed E-state index contributed by atoms with van der Waals surface area (Å²) in [5.41, 5.74) is 0.193. The summed E-state index contributed by atoms with van der Waals surface area (Å²) < 4.78 is 26.7. The third-order valence-corrected chi connectivity index (χ3v) is 2.87. The van der Waals surface area contributed by atoms with E-state index in [9.17, 15) is 13.6 Å². The highest BCUT2D eigenvalue weighted by Gasteiger charge is 2.13. The number of aromatic amines is 1. The van der Waals surface area contributed by atoms with Crippen molar-refractivity contribution in [2.45, 2.75) is 13.3 Å². The van der Waals surface area contributed by atoms with Gasteiger partial charge in [0, 0.05) is 6.20 Å². The highest BCUT2D eigenvalue weighted by molar-refractivity contribution is 5.85. The summed E-state index contributed by atoms with van der Waals surface area (Å²) in [5, 5.41) is 3.41. The molecule has 5 heteroatoms. The lowest BCUT2D eigenvalue weighted by molar-refractivity contribution is 0.516. The second kappa shape index (κ2) is 5.27. The molecule has 0 saturated heterocycles. The predicted molar refractivity (Wildman–Crippen MR) is 66.7 cm³/mol. The maximum Gasteiger partial charge on any atom is 0.258 e. The molecule has 1 aromatic heterocycles. The number of halogens is 2. The van der Waals surface area contributed by atoms with Gasteiger partial charge in [-0.1, -0.05) is 13.0 Å². The molecule has 0 aliphatic rings. The Morgan fingerprint density at radius 3 is 2.83 bits per heavy atom. The van der Waals surface area contributed by atoms with Gasteiger partial charge < -0.3 is 10.3 Å². The first kappa shape index (κ1) is 12.7. The number of benzene rings is 1. The van der Waals surface area contributed by atoms with Crippen LogP contribution in [0, 0.1) is 11.6 Å². The first-order chi connectivity index (χ1) is 8.65. The molecule has 0 bridgehead atoms. The summed E-state index contributed by atoms with van der Waals surface area (Å²) in [7, 11) is 0. The molecule has 2 rings (SSSR count). The van der Waals surface area contributed by atoms with Gasteiger partial charge in [-0.3, -0.25) is 4.79 Å². The highest BCUT2D eigenvalue weighted by Crippen LogP contribution is 2.20. The molecule has 0 fully saturated rings. The Bertz CT molecular complexity index is 622. The molecule has 2 aromatic rings. The molecule has 0 atom stereocenters. The molecule has 18 heavy (non-hydrogen) atoms. The first-order valence-corrected chi connectivity index (χ1v) is 5.84. The molecule has 2 N–H and O–H groups in total. The molecule has 0 aliphatic heterocycles. The second-order valence-corrected chi connectivity index (χ2v) is 4.03. The van der Waals surface area contributed by atoms with E-state index in [1.165, 1.54) is 6.07 Å². The average molecular weight is 252 g/mol. The molecule has 1 aromatic carbocycles. The molecule has 1 heterocycles. The Kier molecular flexibility index (Phi) is 3.72. The standard InChI is InChI=1S/C13H14F2N2O/c1-2-16-6-5-8-7-17-13(18)11-9(8)3-4-10(14)12(11)15/h3-4,7,16H,2,5-6H2,1H3,(H,17,18). The molecular formula is C13H14F2N2O. The summed E-state index contributed by atoms with van der Waals surface area (Å²) in [6.07, 6.45) is 2.20. The monoisotopic (exact) mass is 252 g/mol. The summed E-state index contributed by atoms with van der Waals surface area (Å²) in [6.45, 7) is 3.54. The zero-order chi connectivity index (χ0) is 13.1. The first-order valence-electron chi connectivity index (χ1n) is 5.84. The van der Waals surface area contributed by atoms with E-state index in [4.69, 9.17) is 0 Å². The minimum absolute atomic E-state index is 0.205. The van der Waals surface area contributed by atoms with Gasteiger partial charge in [0.25, 0.3) is 5.56 Å². The van der Waals surface area contributed by atoms with Crippen LogP contribution in [0.3, 0.4) is 0 Å². The van der Waals surface area contributed by atoms with Crippen LogP contribution in [0.5, 0.6) is 0 Å². The zero-order valence-corrected chi connectivity index (χ0v) is 10.0. The van der Waals surface area contributed by atoms with Gasteiger partial charge in [-0.15, -0.1) is 0 Å². The van der Waals surface area contributed by atoms with Gasteiger partial charge in [0.05, 0.1) is 5.39 Å². The number of pyridine rings is 1. The minimum atomic E-state index is -1.08. The largest absolute Gasteiger partial charge is 0.328 e. The van der Waals surface area contributed by atoms with Gasteiger partial charge in [0.15, 0.2) is 11.6 Å². The minimum Gasteiger partial charge on any atom is -0.328 e. The molecule has 0 spiro atoms. The van der Waals surface area contributed by atoms with Crippen molar-refractivity contribution in [3.05, 3.63) is 45.9 Å². The van der Waals surface area contributed by atoms with Crippen LogP contribution in [0.15, 0.2) is 23.1 Å². The number of fused-ring (bicyclic) bond motifs is 1. The van der Waals surface area contributed by atoms with Gasteiger partial charge >= 0.3 is 0 Å². The normalized spacial score (nSPS) is 11.1. The predicted octanol–water partition coefficient (Wildman–Crippen LogP) is 1.96. The van der Waals surface area contributed by atoms with E-state index in [2.05, 4.69) is 10.3 Å². The number of hydrogen-bond acceptors (Lipinski definition) is 2. The Morgan fingerprint density at radius 2 is 2.11 bits per heavy atom. The molecule has 96 valence electrons. The van der Waals surface area contributed by atoms with E-state index in [1.807, 2.05) is 6.92 Å². The van der Waals surface area contributed by atoms with Crippen LogP contribution in [0.4, 0.5) is 8.78 Å². The van der Waals surface area contributed by atoms with E-state index >= 15 is 0 Å². The quantitative estimate of drug-likeness (QED) is 0.817. The number of H-pyrrole nitrogens is 1. The second-order valence-electron chi connectivity index (χ2n) is 4.03. The Balaban J connectivity index is 2.53. The summed E-state index contributed by atoms with van der Waals surface area (Å²) in [4.78, 5) is 14.0. The van der Waals surface area contributed by atoms with E-state index in [1.54, 1.807) is 6.20 Å². The van der Waals surface area contributed by atoms with E-state index in [0.717, 1.165) is 24.7 Å². The van der Waals surface area contributed by atoms with Crippen molar-refractivity contribution in [3.8, 4) is 0 Å². The van der Waals surface area contributed by atoms with Gasteiger partial charge in [-0.05, 0) is 36.5 Å². The lowest BCUT2D eigenvalue weighted by Gasteiger charge is -2.07. The van der Waals surface area contributed by atoms with Gasteiger partial charge in [-0.25, -0.2) is 8.78 Å². The van der Waals surface area contributed by atoms with Gasteiger partial charge in [-0.2, -0.15) is 0 Å². The molecule has 0 aliphatic carbocycles. The van der Waals surface area contributed by atoms with Gasteiger partial charge in [0.2, 0.25) is 0 Å². The summed E-state index contributed by atoms with van der Waals surface area (Å²) >= 11 is 0. The van der Waals surface area contributed by atoms with E-state index in [0.29, 0.717) is 11.8 Å². The fraction of sp³-hybridized carbons (Fsp3) is 0.308. The van der Waals surface area contributed by atoms with E-state index in [-0.39, 0.29) is 5.39 Å². The number of hydrogen-bond donors (Lipinski definition) is 2. The topological polar surface area (TPSA) is 44.9 Å². The Morgan fingerprint density at radius 1 is 1.33 bits per heavy atom. The maximum absolute atomic E-state index is 13.6. The van der Waals surface area contributed by atoms with Crippen LogP contribution in [0.1, 0.15) is 12.5 Å². The highest BCUT2D eigenvalue weighted by atomic mass is 19.2. The van der Waals surface area contributed by atoms with Crippen molar-refractivity contribution in [1.29, 1.82) is 0 Å². The zero-order valence-electron chi connectivity index (χ0n) is 10.0. The summed E-state index contributed by atoms with van der Waals surface area (Å²) in [5.74, 6) is -2.09. The molecule has 0 radical (unpaired) electrons. The number of aromatic nitrogens is 1. The van der Waals surface area contributed by atoms with Crippen LogP contribution < -0.4 is 10.9 Å². The smallest absolute Gasteiger partial charge is 0.258 e. The van der Waals surface area contributed by atoms with Gasteiger partial charge in [0.1, 0.15) is 0 Å². The van der Waals surface area contributed by atoms with Crippen molar-refractivity contribution in [2.24, 2.45) is 0 Å². The Hall–Kier alpha value is -1.75. The SMILES string of the molecule is CCNCCc1c[nH]c(=O)c2c(F)c(F)ccc12. The van der Waals surface area contributed by atoms with Crippen molar-refractivity contribution in [3.63, 3.8) is 0 Å². The van der Waals surface area contributed by atoms with Crippen molar-refractivity contribution >= 4 is 10.8 Å². The fourth-order valence-electron chi connectivity index (χ4n) is 1.95. The van der Waals surface area contributed by atoms with Crippen molar-refractivity contribution in [2.75, 3.05) is 13.1 Å². The van der Waals surface area contributed by atoms with Crippen LogP contribution >= 0.6 is 0 Å². The van der Waals surface area contributed by atoms with Crippen molar-refractivity contribution < 1.29 is 8.78 Å². The van der Waals surface area contributed by atoms with Crippen LogP contribution in [-0.2, 0) is 6.42 Å².